The van der Waals surface area contributed by atoms with Crippen molar-refractivity contribution in [3.8, 4) is 0 Å². The van der Waals surface area contributed by atoms with E-state index in [-0.39, 0.29) is 5.75 Å². The van der Waals surface area contributed by atoms with Crippen LogP contribution in [0.2, 0.25) is 0 Å². The number of hydrogen-bond donors (Lipinski definition) is 2. The zero-order chi connectivity index (χ0) is 14.3. The molecule has 0 aromatic carbocycles. The van der Waals surface area contributed by atoms with E-state index >= 15 is 0 Å². The summed E-state index contributed by atoms with van der Waals surface area (Å²) in [5, 5.41) is 3.41. The maximum atomic E-state index is 11.9. The van der Waals surface area contributed by atoms with Crippen LogP contribution < -0.4 is 10.0 Å². The van der Waals surface area contributed by atoms with Gasteiger partial charge in [0.2, 0.25) is 10.0 Å². The Hall–Kier alpha value is -0.130. The maximum Gasteiger partial charge on any atom is 0.211 e. The summed E-state index contributed by atoms with van der Waals surface area (Å²) in [6.45, 7) is 1.59. The monoisotopic (exact) mass is 302 g/mol. The Morgan fingerprint density at radius 3 is 2.35 bits per heavy atom. The van der Waals surface area contributed by atoms with Gasteiger partial charge in [0.05, 0.1) is 5.75 Å². The van der Waals surface area contributed by atoms with Gasteiger partial charge < -0.3 is 5.32 Å². The molecule has 2 aliphatic carbocycles. The Morgan fingerprint density at radius 2 is 1.65 bits per heavy atom. The third-order valence-corrected chi connectivity index (χ3v) is 5.92. The fraction of sp³-hybridized carbons (Fsp3) is 1.00. The molecule has 0 saturated heterocycles. The van der Waals surface area contributed by atoms with Crippen LogP contribution in [0, 0.1) is 5.92 Å². The van der Waals surface area contributed by atoms with E-state index in [1.807, 2.05) is 0 Å². The van der Waals surface area contributed by atoms with Crippen LogP contribution >= 0.6 is 0 Å². The van der Waals surface area contributed by atoms with Crippen LogP contribution in [0.25, 0.3) is 0 Å². The van der Waals surface area contributed by atoms with Crippen LogP contribution in [0.4, 0.5) is 0 Å². The van der Waals surface area contributed by atoms with Gasteiger partial charge in [-0.15, -0.1) is 0 Å². The summed E-state index contributed by atoms with van der Waals surface area (Å²) in [6.07, 6.45) is 11.9. The Labute approximate surface area is 124 Å². The number of hydrogen-bond acceptors (Lipinski definition) is 3. The fourth-order valence-electron chi connectivity index (χ4n) is 2.98. The van der Waals surface area contributed by atoms with Crippen molar-refractivity contribution in [3.63, 3.8) is 0 Å². The highest BCUT2D eigenvalue weighted by atomic mass is 32.2. The lowest BCUT2D eigenvalue weighted by molar-refractivity contribution is 0.339. The topological polar surface area (TPSA) is 58.2 Å². The van der Waals surface area contributed by atoms with Crippen molar-refractivity contribution in [1.29, 1.82) is 0 Å². The summed E-state index contributed by atoms with van der Waals surface area (Å²) in [6, 6.07) is 0.722. The average Bonchev–Trinajstić information content (AvgIpc) is 3.23. The highest BCUT2D eigenvalue weighted by molar-refractivity contribution is 7.89. The van der Waals surface area contributed by atoms with Gasteiger partial charge in [0.15, 0.2) is 0 Å². The number of nitrogens with one attached hydrogen (secondary N) is 2. The molecule has 0 aliphatic heterocycles. The van der Waals surface area contributed by atoms with Crippen molar-refractivity contribution in [1.82, 2.24) is 10.0 Å². The van der Waals surface area contributed by atoms with E-state index in [2.05, 4.69) is 10.0 Å². The van der Waals surface area contributed by atoms with E-state index in [4.69, 9.17) is 0 Å². The van der Waals surface area contributed by atoms with Crippen molar-refractivity contribution in [3.05, 3.63) is 0 Å². The van der Waals surface area contributed by atoms with E-state index in [0.717, 1.165) is 37.8 Å². The van der Waals surface area contributed by atoms with Crippen molar-refractivity contribution in [2.75, 3.05) is 18.8 Å². The molecule has 0 aromatic heterocycles. The molecule has 0 heterocycles. The molecule has 0 bridgehead atoms. The van der Waals surface area contributed by atoms with E-state index < -0.39 is 10.0 Å². The summed E-state index contributed by atoms with van der Waals surface area (Å²) >= 11 is 0. The smallest absolute Gasteiger partial charge is 0.211 e. The summed E-state index contributed by atoms with van der Waals surface area (Å²) in [5.74, 6) is 1.03. The summed E-state index contributed by atoms with van der Waals surface area (Å²) in [5.41, 5.74) is 0. The Morgan fingerprint density at radius 1 is 0.900 bits per heavy atom. The van der Waals surface area contributed by atoms with Gasteiger partial charge in [0.1, 0.15) is 0 Å². The Balaban J connectivity index is 1.48. The number of rotatable bonds is 10. The van der Waals surface area contributed by atoms with E-state index in [0.29, 0.717) is 6.54 Å². The first-order chi connectivity index (χ1) is 9.66. The van der Waals surface area contributed by atoms with Gasteiger partial charge in [-0.05, 0) is 44.6 Å². The zero-order valence-corrected chi connectivity index (χ0v) is 13.4. The van der Waals surface area contributed by atoms with E-state index in [1.165, 1.54) is 44.9 Å². The second-order valence-electron chi connectivity index (χ2n) is 6.44. The van der Waals surface area contributed by atoms with Crippen molar-refractivity contribution < 1.29 is 8.42 Å². The van der Waals surface area contributed by atoms with Crippen LogP contribution in [0.15, 0.2) is 0 Å². The lowest BCUT2D eigenvalue weighted by Gasteiger charge is -2.21. The molecule has 0 amide bonds. The third kappa shape index (κ3) is 7.04. The number of sulfonamides is 1. The molecule has 2 fully saturated rings. The van der Waals surface area contributed by atoms with Gasteiger partial charge >= 0.3 is 0 Å². The van der Waals surface area contributed by atoms with Crippen LogP contribution in [-0.4, -0.2) is 33.3 Å². The summed E-state index contributed by atoms with van der Waals surface area (Å²) in [7, 11) is -3.05. The third-order valence-electron chi connectivity index (χ3n) is 4.45. The molecule has 0 radical (unpaired) electrons. The Bertz CT molecular complexity index is 360. The van der Waals surface area contributed by atoms with Crippen LogP contribution in [-0.2, 0) is 10.0 Å². The summed E-state index contributed by atoms with van der Waals surface area (Å²) < 4.78 is 26.5. The standard InChI is InChI=1S/C15H30N2O2S/c18-20(19,13-5-4-11-16-15-8-9-15)17-12-10-14-6-2-1-3-7-14/h14-17H,1-13H2. The molecular weight excluding hydrogens is 272 g/mol. The van der Waals surface area contributed by atoms with Gasteiger partial charge in [-0.2, -0.15) is 0 Å². The first-order valence-electron chi connectivity index (χ1n) is 8.36. The fourth-order valence-corrected chi connectivity index (χ4v) is 4.13. The minimum absolute atomic E-state index is 0.282. The van der Waals surface area contributed by atoms with Crippen molar-refractivity contribution >= 4 is 10.0 Å². The predicted octanol–water partition coefficient (Wildman–Crippen LogP) is 2.41. The lowest BCUT2D eigenvalue weighted by atomic mass is 9.87. The molecule has 118 valence electrons. The van der Waals surface area contributed by atoms with Crippen LogP contribution in [0.3, 0.4) is 0 Å². The van der Waals surface area contributed by atoms with Gasteiger partial charge in [0, 0.05) is 12.6 Å². The van der Waals surface area contributed by atoms with Gasteiger partial charge in [0.25, 0.3) is 0 Å². The van der Waals surface area contributed by atoms with E-state index in [9.17, 15) is 8.42 Å². The van der Waals surface area contributed by atoms with Crippen LogP contribution in [0.5, 0.6) is 0 Å². The predicted molar refractivity (Wildman–Crippen MR) is 83.2 cm³/mol. The van der Waals surface area contributed by atoms with Gasteiger partial charge in [-0.3, -0.25) is 0 Å². The van der Waals surface area contributed by atoms with Crippen molar-refractivity contribution in [2.24, 2.45) is 5.92 Å². The minimum Gasteiger partial charge on any atom is -0.314 e. The molecule has 0 aromatic rings. The minimum atomic E-state index is -3.05. The molecule has 2 aliphatic rings. The molecule has 4 nitrogen and oxygen atoms in total. The molecule has 0 atom stereocenters. The first kappa shape index (κ1) is 16.2. The maximum absolute atomic E-state index is 11.9. The van der Waals surface area contributed by atoms with Gasteiger partial charge in [-0.25, -0.2) is 13.1 Å². The molecular formula is C15H30N2O2S. The molecule has 0 unspecified atom stereocenters. The zero-order valence-electron chi connectivity index (χ0n) is 12.6. The second kappa shape index (κ2) is 8.35. The molecule has 0 spiro atoms. The molecule has 2 N–H and O–H groups in total. The Kier molecular flexibility index (Phi) is 6.78. The largest absolute Gasteiger partial charge is 0.314 e. The normalized spacial score (nSPS) is 21.2. The SMILES string of the molecule is O=S(=O)(CCCCNC1CC1)NCCC1CCCCC1. The first-order valence-corrected chi connectivity index (χ1v) is 10.0. The molecule has 5 heteroatoms. The average molecular weight is 302 g/mol. The second-order valence-corrected chi connectivity index (χ2v) is 8.37. The highest BCUT2D eigenvalue weighted by Crippen LogP contribution is 2.25. The molecule has 2 rings (SSSR count). The lowest BCUT2D eigenvalue weighted by Crippen LogP contribution is -2.29. The number of unbranched alkanes of at least 4 members (excludes halogenated alkanes) is 1. The van der Waals surface area contributed by atoms with E-state index in [1.54, 1.807) is 0 Å². The molecule has 2 saturated carbocycles. The van der Waals surface area contributed by atoms with Gasteiger partial charge in [-0.1, -0.05) is 32.1 Å². The van der Waals surface area contributed by atoms with Crippen LogP contribution in [0.1, 0.15) is 64.2 Å². The highest BCUT2D eigenvalue weighted by Gasteiger charge is 2.19. The van der Waals surface area contributed by atoms with Crippen molar-refractivity contribution in [2.45, 2.75) is 70.3 Å². The molecule has 20 heavy (non-hydrogen) atoms. The quantitative estimate of drug-likeness (QED) is 0.609. The summed E-state index contributed by atoms with van der Waals surface area (Å²) in [4.78, 5) is 0.